The lowest BCUT2D eigenvalue weighted by Gasteiger charge is -2.35. The van der Waals surface area contributed by atoms with Crippen LogP contribution in [-0.4, -0.2) is 67.8 Å². The highest BCUT2D eigenvalue weighted by Crippen LogP contribution is 2.14. The van der Waals surface area contributed by atoms with Crippen molar-refractivity contribution in [1.82, 2.24) is 9.21 Å². The van der Waals surface area contributed by atoms with E-state index in [0.717, 1.165) is 11.3 Å². The highest BCUT2D eigenvalue weighted by Gasteiger charge is 2.30. The fraction of sp³-hybridized carbons (Fsp3) is 0.562. The molecule has 1 fully saturated rings. The van der Waals surface area contributed by atoms with E-state index in [0.29, 0.717) is 32.6 Å². The molecule has 1 saturated heterocycles. The zero-order chi connectivity index (χ0) is 17.6. The van der Waals surface area contributed by atoms with E-state index in [2.05, 4.69) is 0 Å². The Bertz CT molecular complexity index is 635. The van der Waals surface area contributed by atoms with Crippen molar-refractivity contribution in [2.45, 2.75) is 18.2 Å². The van der Waals surface area contributed by atoms with E-state index in [9.17, 15) is 13.2 Å². The highest BCUT2D eigenvalue weighted by atomic mass is 35.5. The van der Waals surface area contributed by atoms with Crippen LogP contribution in [0.3, 0.4) is 0 Å². The standard InChI is InChI=1S/C16H25N3O3S2.ClH/c1-23-12-7-15(17)16(20)18-8-10-19(11-9-18)24(21,22)13-14-5-3-2-4-6-14;/h2-6,15H,7-13,17H2,1H3;1H/t15-;/m0./s1. The van der Waals surface area contributed by atoms with Gasteiger partial charge in [0.25, 0.3) is 0 Å². The molecule has 6 nitrogen and oxygen atoms in total. The van der Waals surface area contributed by atoms with Gasteiger partial charge >= 0.3 is 0 Å². The van der Waals surface area contributed by atoms with Gasteiger partial charge in [0.2, 0.25) is 15.9 Å². The van der Waals surface area contributed by atoms with Crippen molar-refractivity contribution in [3.05, 3.63) is 35.9 Å². The molecule has 0 aliphatic carbocycles. The van der Waals surface area contributed by atoms with Crippen LogP contribution >= 0.6 is 24.2 Å². The molecule has 1 aromatic rings. The second kappa shape index (κ2) is 10.4. The van der Waals surface area contributed by atoms with Gasteiger partial charge in [0.15, 0.2) is 0 Å². The van der Waals surface area contributed by atoms with E-state index in [-0.39, 0.29) is 24.1 Å². The van der Waals surface area contributed by atoms with Gasteiger partial charge in [-0.25, -0.2) is 8.42 Å². The molecule has 9 heteroatoms. The summed E-state index contributed by atoms with van der Waals surface area (Å²) >= 11 is 1.66. The van der Waals surface area contributed by atoms with Crippen molar-refractivity contribution in [2.75, 3.05) is 38.2 Å². The van der Waals surface area contributed by atoms with Gasteiger partial charge in [-0.2, -0.15) is 16.1 Å². The van der Waals surface area contributed by atoms with Crippen molar-refractivity contribution in [3.8, 4) is 0 Å². The van der Waals surface area contributed by atoms with Crippen LogP contribution in [0.4, 0.5) is 0 Å². The summed E-state index contributed by atoms with van der Waals surface area (Å²) in [5, 5.41) is 0. The van der Waals surface area contributed by atoms with Crippen LogP contribution in [0, 0.1) is 0 Å². The maximum atomic E-state index is 12.5. The summed E-state index contributed by atoms with van der Waals surface area (Å²) in [6.45, 7) is 1.46. The Labute approximate surface area is 160 Å². The molecule has 0 radical (unpaired) electrons. The second-order valence-electron chi connectivity index (χ2n) is 5.85. The number of benzene rings is 1. The first kappa shape index (κ1) is 22.2. The van der Waals surface area contributed by atoms with Gasteiger partial charge in [0.1, 0.15) is 0 Å². The van der Waals surface area contributed by atoms with Crippen molar-refractivity contribution in [1.29, 1.82) is 0 Å². The fourth-order valence-corrected chi connectivity index (χ4v) is 4.67. The molecule has 0 bridgehead atoms. The minimum Gasteiger partial charge on any atom is -0.339 e. The average Bonchev–Trinajstić information content (AvgIpc) is 2.59. The smallest absolute Gasteiger partial charge is 0.239 e. The molecule has 1 amide bonds. The van der Waals surface area contributed by atoms with E-state index >= 15 is 0 Å². The third-order valence-corrected chi connectivity index (χ3v) is 6.58. The Hall–Kier alpha value is -0.800. The summed E-state index contributed by atoms with van der Waals surface area (Å²) in [4.78, 5) is 14.0. The fourth-order valence-electron chi connectivity index (χ4n) is 2.67. The van der Waals surface area contributed by atoms with Crippen LogP contribution in [-0.2, 0) is 20.6 Å². The number of thioether (sulfide) groups is 1. The lowest BCUT2D eigenvalue weighted by molar-refractivity contribution is -0.133. The summed E-state index contributed by atoms with van der Waals surface area (Å²) in [5.74, 6) is 0.761. The van der Waals surface area contributed by atoms with E-state index in [1.165, 1.54) is 4.31 Å². The molecule has 2 rings (SSSR count). The number of nitrogens with zero attached hydrogens (tertiary/aromatic N) is 2. The molecule has 2 N–H and O–H groups in total. The number of hydrogen-bond acceptors (Lipinski definition) is 5. The number of sulfonamides is 1. The molecule has 0 spiro atoms. The SMILES string of the molecule is CSCC[C@H](N)C(=O)N1CCN(S(=O)(=O)Cc2ccccc2)CC1.Cl. The van der Waals surface area contributed by atoms with Gasteiger partial charge in [-0.1, -0.05) is 30.3 Å². The third kappa shape index (κ3) is 6.45. The van der Waals surface area contributed by atoms with Crippen molar-refractivity contribution in [2.24, 2.45) is 5.73 Å². The largest absolute Gasteiger partial charge is 0.339 e. The Balaban J connectivity index is 0.00000312. The van der Waals surface area contributed by atoms with Crippen LogP contribution in [0.2, 0.25) is 0 Å². The van der Waals surface area contributed by atoms with Gasteiger partial charge in [-0.05, 0) is 24.0 Å². The number of carbonyl (C=O) groups excluding carboxylic acids is 1. The number of halogens is 1. The molecule has 0 aromatic heterocycles. The van der Waals surface area contributed by atoms with Crippen LogP contribution in [0.5, 0.6) is 0 Å². The molecular formula is C16H26ClN3O3S2. The molecule has 1 heterocycles. The highest BCUT2D eigenvalue weighted by molar-refractivity contribution is 7.98. The summed E-state index contributed by atoms with van der Waals surface area (Å²) in [7, 11) is -3.36. The Kier molecular flexibility index (Phi) is 9.23. The summed E-state index contributed by atoms with van der Waals surface area (Å²) in [5.41, 5.74) is 6.69. The predicted molar refractivity (Wildman–Crippen MR) is 105 cm³/mol. The Morgan fingerprint density at radius 3 is 2.36 bits per heavy atom. The molecule has 1 aromatic carbocycles. The molecule has 25 heavy (non-hydrogen) atoms. The summed E-state index contributed by atoms with van der Waals surface area (Å²) in [6, 6.07) is 8.64. The lowest BCUT2D eigenvalue weighted by Crippen LogP contribution is -2.54. The van der Waals surface area contributed by atoms with Gasteiger partial charge in [0, 0.05) is 26.2 Å². The number of piperazine rings is 1. The third-order valence-electron chi connectivity index (χ3n) is 4.09. The van der Waals surface area contributed by atoms with Crippen molar-refractivity contribution >= 4 is 40.1 Å². The number of rotatable bonds is 7. The number of hydrogen-bond donors (Lipinski definition) is 1. The zero-order valence-electron chi connectivity index (χ0n) is 14.3. The van der Waals surface area contributed by atoms with Crippen molar-refractivity contribution < 1.29 is 13.2 Å². The summed E-state index contributed by atoms with van der Waals surface area (Å²) in [6.07, 6.45) is 2.63. The van der Waals surface area contributed by atoms with Crippen LogP contribution < -0.4 is 5.73 Å². The molecule has 142 valence electrons. The van der Waals surface area contributed by atoms with Crippen molar-refractivity contribution in [3.63, 3.8) is 0 Å². The average molecular weight is 408 g/mol. The monoisotopic (exact) mass is 407 g/mol. The van der Waals surface area contributed by atoms with Gasteiger partial charge in [-0.15, -0.1) is 12.4 Å². The molecule has 0 unspecified atom stereocenters. The first-order chi connectivity index (χ1) is 11.4. The van der Waals surface area contributed by atoms with E-state index in [1.807, 2.05) is 36.6 Å². The molecule has 1 aliphatic heterocycles. The van der Waals surface area contributed by atoms with Gasteiger partial charge < -0.3 is 10.6 Å². The van der Waals surface area contributed by atoms with E-state index in [4.69, 9.17) is 5.73 Å². The molecular weight excluding hydrogens is 382 g/mol. The molecule has 0 saturated carbocycles. The van der Waals surface area contributed by atoms with Gasteiger partial charge in [-0.3, -0.25) is 4.79 Å². The number of amides is 1. The maximum absolute atomic E-state index is 12.5. The maximum Gasteiger partial charge on any atom is 0.239 e. The van der Waals surface area contributed by atoms with E-state index < -0.39 is 16.1 Å². The quantitative estimate of drug-likeness (QED) is 0.733. The minimum atomic E-state index is -3.36. The summed E-state index contributed by atoms with van der Waals surface area (Å²) < 4.78 is 26.5. The minimum absolute atomic E-state index is 0. The Morgan fingerprint density at radius 1 is 1.20 bits per heavy atom. The molecule has 1 aliphatic rings. The first-order valence-electron chi connectivity index (χ1n) is 7.99. The van der Waals surface area contributed by atoms with Crippen LogP contribution in [0.15, 0.2) is 30.3 Å². The normalized spacial score (nSPS) is 17.0. The topological polar surface area (TPSA) is 83.7 Å². The van der Waals surface area contributed by atoms with Crippen LogP contribution in [0.25, 0.3) is 0 Å². The number of nitrogens with two attached hydrogens (primary N) is 1. The number of carbonyl (C=O) groups is 1. The van der Waals surface area contributed by atoms with Crippen LogP contribution in [0.1, 0.15) is 12.0 Å². The first-order valence-corrected chi connectivity index (χ1v) is 11.0. The van der Waals surface area contributed by atoms with E-state index in [1.54, 1.807) is 16.7 Å². The van der Waals surface area contributed by atoms with Gasteiger partial charge in [0.05, 0.1) is 11.8 Å². The Morgan fingerprint density at radius 2 is 1.80 bits per heavy atom. The lowest BCUT2D eigenvalue weighted by atomic mass is 10.2. The zero-order valence-corrected chi connectivity index (χ0v) is 16.8. The molecule has 1 atom stereocenters. The predicted octanol–water partition coefficient (Wildman–Crippen LogP) is 1.16. The second-order valence-corrected chi connectivity index (χ2v) is 8.81.